The fourth-order valence-electron chi connectivity index (χ4n) is 3.95. The summed E-state index contributed by atoms with van der Waals surface area (Å²) in [6.07, 6.45) is 4.15. The number of nitrogens with one attached hydrogen (secondary N) is 1. The van der Waals surface area contributed by atoms with Crippen LogP contribution in [-0.4, -0.2) is 26.2 Å². The molecule has 0 unspecified atom stereocenters. The van der Waals surface area contributed by atoms with Crippen molar-refractivity contribution in [2.24, 2.45) is 0 Å². The zero-order valence-electron chi connectivity index (χ0n) is 19.8. The summed E-state index contributed by atoms with van der Waals surface area (Å²) in [7, 11) is 1.62. The Labute approximate surface area is 200 Å². The van der Waals surface area contributed by atoms with Crippen LogP contribution in [0.1, 0.15) is 25.0 Å². The third-order valence-corrected chi connectivity index (χ3v) is 5.70. The molecule has 5 nitrogen and oxygen atoms in total. The van der Waals surface area contributed by atoms with Crippen LogP contribution in [0.25, 0.3) is 27.7 Å². The fourth-order valence-corrected chi connectivity index (χ4v) is 3.95. The zero-order chi connectivity index (χ0) is 23.9. The Kier molecular flexibility index (Phi) is 7.33. The second-order valence-electron chi connectivity index (χ2n) is 8.01. The van der Waals surface area contributed by atoms with Gasteiger partial charge in [-0.3, -0.25) is 4.79 Å². The summed E-state index contributed by atoms with van der Waals surface area (Å²) in [5.41, 5.74) is 5.58. The number of methoxy groups -OCH3 is 1. The molecule has 0 bridgehead atoms. The number of rotatable bonds is 9. The number of hydrogen-bond acceptors (Lipinski definition) is 4. The second kappa shape index (κ2) is 10.8. The predicted molar refractivity (Wildman–Crippen MR) is 136 cm³/mol. The molecule has 0 saturated heterocycles. The summed E-state index contributed by atoms with van der Waals surface area (Å²) in [6, 6.07) is 21.9. The van der Waals surface area contributed by atoms with Gasteiger partial charge >= 0.3 is 0 Å². The zero-order valence-corrected chi connectivity index (χ0v) is 19.8. The lowest BCUT2D eigenvalue weighted by Crippen LogP contribution is -2.23. The Morgan fingerprint density at radius 2 is 1.82 bits per heavy atom. The van der Waals surface area contributed by atoms with E-state index in [1.165, 1.54) is 5.56 Å². The van der Waals surface area contributed by atoms with E-state index in [1.807, 2.05) is 68.4 Å². The van der Waals surface area contributed by atoms with E-state index in [0.29, 0.717) is 18.9 Å². The van der Waals surface area contributed by atoms with E-state index in [0.717, 1.165) is 45.4 Å². The van der Waals surface area contributed by atoms with Gasteiger partial charge in [-0.15, -0.1) is 0 Å². The van der Waals surface area contributed by atoms with Crippen molar-refractivity contribution in [2.75, 3.05) is 20.3 Å². The van der Waals surface area contributed by atoms with Crippen molar-refractivity contribution in [3.05, 3.63) is 90.2 Å². The molecule has 0 spiro atoms. The third-order valence-electron chi connectivity index (χ3n) is 5.70. The fraction of sp³-hybridized carbons (Fsp3) is 0.207. The van der Waals surface area contributed by atoms with Gasteiger partial charge in [-0.1, -0.05) is 42.5 Å². The van der Waals surface area contributed by atoms with E-state index in [1.54, 1.807) is 19.4 Å². The molecule has 0 fully saturated rings. The molecule has 1 amide bonds. The van der Waals surface area contributed by atoms with Crippen LogP contribution in [0, 0.1) is 0 Å². The quantitative estimate of drug-likeness (QED) is 0.302. The van der Waals surface area contributed by atoms with Gasteiger partial charge in [0.15, 0.2) is 0 Å². The maximum atomic E-state index is 12.5. The molecule has 0 atom stereocenters. The monoisotopic (exact) mass is 455 g/mol. The van der Waals surface area contributed by atoms with Crippen molar-refractivity contribution in [3.63, 3.8) is 0 Å². The van der Waals surface area contributed by atoms with Gasteiger partial charge in [-0.05, 0) is 55.2 Å². The van der Waals surface area contributed by atoms with Gasteiger partial charge in [0.05, 0.1) is 20.0 Å². The van der Waals surface area contributed by atoms with Gasteiger partial charge in [-0.2, -0.15) is 0 Å². The number of carbonyl (C=O) groups excluding carboxylic acids is 1. The number of fused-ring (bicyclic) bond motifs is 1. The minimum absolute atomic E-state index is 0.130. The second-order valence-corrected chi connectivity index (χ2v) is 8.01. The molecule has 0 aliphatic heterocycles. The Bertz CT molecular complexity index is 1290. The maximum absolute atomic E-state index is 12.5. The Morgan fingerprint density at radius 3 is 2.53 bits per heavy atom. The molecule has 4 rings (SSSR count). The van der Waals surface area contributed by atoms with Crippen molar-refractivity contribution in [1.29, 1.82) is 0 Å². The number of allylic oxidation sites excluding steroid dienone is 1. The Hall–Kier alpha value is -3.99. The molecule has 1 heterocycles. The molecule has 0 radical (unpaired) electrons. The summed E-state index contributed by atoms with van der Waals surface area (Å²) in [5, 5.41) is 3.92. The van der Waals surface area contributed by atoms with Crippen molar-refractivity contribution >= 4 is 22.4 Å². The van der Waals surface area contributed by atoms with E-state index in [2.05, 4.69) is 17.4 Å². The highest BCUT2D eigenvalue weighted by atomic mass is 16.5. The van der Waals surface area contributed by atoms with Gasteiger partial charge in [0.1, 0.15) is 17.1 Å². The average molecular weight is 456 g/mol. The normalized spacial score (nSPS) is 11.4. The average Bonchev–Trinajstić information content (AvgIpc) is 3.27. The van der Waals surface area contributed by atoms with E-state index >= 15 is 0 Å². The predicted octanol–water partition coefficient (Wildman–Crippen LogP) is 6.27. The number of benzene rings is 3. The van der Waals surface area contributed by atoms with E-state index in [4.69, 9.17) is 13.9 Å². The summed E-state index contributed by atoms with van der Waals surface area (Å²) < 4.78 is 17.0. The highest BCUT2D eigenvalue weighted by molar-refractivity contribution is 6.00. The van der Waals surface area contributed by atoms with Crippen molar-refractivity contribution in [1.82, 2.24) is 5.32 Å². The van der Waals surface area contributed by atoms with Crippen LogP contribution in [0.2, 0.25) is 0 Å². The maximum Gasteiger partial charge on any atom is 0.244 e. The molecule has 174 valence electrons. The molecule has 0 aliphatic rings. The summed E-state index contributed by atoms with van der Waals surface area (Å²) in [4.78, 5) is 12.5. The first-order valence-corrected chi connectivity index (χ1v) is 11.4. The van der Waals surface area contributed by atoms with Gasteiger partial charge < -0.3 is 19.2 Å². The number of hydrogen-bond donors (Lipinski definition) is 1. The highest BCUT2D eigenvalue weighted by Gasteiger charge is 2.15. The highest BCUT2D eigenvalue weighted by Crippen LogP contribution is 2.37. The summed E-state index contributed by atoms with van der Waals surface area (Å²) in [5.74, 6) is 1.36. The van der Waals surface area contributed by atoms with Gasteiger partial charge in [-0.25, -0.2) is 0 Å². The van der Waals surface area contributed by atoms with E-state index in [9.17, 15) is 4.79 Å². The molecule has 34 heavy (non-hydrogen) atoms. The first kappa shape index (κ1) is 23.2. The minimum atomic E-state index is -0.130. The molecule has 3 aromatic carbocycles. The molecule has 1 aromatic heterocycles. The molecule has 1 N–H and O–H groups in total. The molecular weight excluding hydrogens is 426 g/mol. The smallest absolute Gasteiger partial charge is 0.244 e. The number of furan rings is 1. The summed E-state index contributed by atoms with van der Waals surface area (Å²) in [6.45, 7) is 5.08. The van der Waals surface area contributed by atoms with Crippen LogP contribution < -0.4 is 14.8 Å². The number of ether oxygens (including phenoxy) is 2. The van der Waals surface area contributed by atoms with Crippen LogP contribution in [0.4, 0.5) is 0 Å². The standard InChI is InChI=1S/C29H29NO4/c1-4-33-23-12-10-22(11-13-23)26-19-34-28-18-27(32-3)24(17-25(26)28)20(2)16-29(31)30-15-14-21-8-6-5-7-9-21/h5-13,16-19H,4,14-15H2,1-3H3,(H,30,31)/b20-16+. The first-order chi connectivity index (χ1) is 16.6. The Balaban J connectivity index is 1.56. The van der Waals surface area contributed by atoms with E-state index in [-0.39, 0.29) is 5.91 Å². The van der Waals surface area contributed by atoms with Gasteiger partial charge in [0.25, 0.3) is 0 Å². The van der Waals surface area contributed by atoms with Crippen LogP contribution in [0.15, 0.2) is 83.5 Å². The number of amides is 1. The van der Waals surface area contributed by atoms with Crippen LogP contribution in [0.3, 0.4) is 0 Å². The molecule has 0 aliphatic carbocycles. The van der Waals surface area contributed by atoms with Gasteiger partial charge in [0.2, 0.25) is 5.91 Å². The van der Waals surface area contributed by atoms with Crippen LogP contribution >= 0.6 is 0 Å². The first-order valence-electron chi connectivity index (χ1n) is 11.4. The van der Waals surface area contributed by atoms with Gasteiger partial charge in [0, 0.05) is 35.2 Å². The van der Waals surface area contributed by atoms with Crippen molar-refractivity contribution < 1.29 is 18.7 Å². The SMILES string of the molecule is CCOc1ccc(-c2coc3cc(OC)c(/C(C)=C/C(=O)NCCc4ccccc4)cc23)cc1. The number of carbonyl (C=O) groups is 1. The van der Waals surface area contributed by atoms with Crippen molar-refractivity contribution in [3.8, 4) is 22.6 Å². The largest absolute Gasteiger partial charge is 0.496 e. The van der Waals surface area contributed by atoms with E-state index < -0.39 is 0 Å². The van der Waals surface area contributed by atoms with Crippen LogP contribution in [-0.2, 0) is 11.2 Å². The lowest BCUT2D eigenvalue weighted by Gasteiger charge is -2.10. The molecule has 4 aromatic rings. The minimum Gasteiger partial charge on any atom is -0.496 e. The molecular formula is C29H29NO4. The molecule has 5 heteroatoms. The van der Waals surface area contributed by atoms with Crippen molar-refractivity contribution in [2.45, 2.75) is 20.3 Å². The lowest BCUT2D eigenvalue weighted by molar-refractivity contribution is -0.116. The van der Waals surface area contributed by atoms with Crippen LogP contribution in [0.5, 0.6) is 11.5 Å². The molecule has 0 saturated carbocycles. The Morgan fingerprint density at radius 1 is 1.06 bits per heavy atom. The topological polar surface area (TPSA) is 60.7 Å². The third kappa shape index (κ3) is 5.31. The summed E-state index contributed by atoms with van der Waals surface area (Å²) >= 11 is 0. The lowest BCUT2D eigenvalue weighted by atomic mass is 9.99.